The smallest absolute Gasteiger partial charge is 0.197 e. The SMILES string of the molecule is C=C(C)CC(C#N)(C#N)Cc1ccc(C(F)(F)F)cc1. The molecule has 0 aliphatic carbocycles. The summed E-state index contributed by atoms with van der Waals surface area (Å²) in [5, 5.41) is 18.4. The first kappa shape index (κ1) is 15.8. The Kier molecular flexibility index (Phi) is 4.57. The molecule has 2 nitrogen and oxygen atoms in total. The lowest BCUT2D eigenvalue weighted by atomic mass is 9.79. The summed E-state index contributed by atoms with van der Waals surface area (Å²) in [4.78, 5) is 0. The van der Waals surface area contributed by atoms with Crippen LogP contribution < -0.4 is 0 Å². The fourth-order valence-corrected chi connectivity index (χ4v) is 1.92. The van der Waals surface area contributed by atoms with Gasteiger partial charge in [-0.3, -0.25) is 0 Å². The highest BCUT2D eigenvalue weighted by Crippen LogP contribution is 2.32. The monoisotopic (exact) mass is 278 g/mol. The highest BCUT2D eigenvalue weighted by atomic mass is 19.4. The first-order valence-electron chi connectivity index (χ1n) is 5.85. The van der Waals surface area contributed by atoms with Crippen LogP contribution in [0.1, 0.15) is 24.5 Å². The molecule has 0 bridgehead atoms. The van der Waals surface area contributed by atoms with E-state index in [1.807, 2.05) is 12.1 Å². The summed E-state index contributed by atoms with van der Waals surface area (Å²) in [7, 11) is 0. The first-order valence-corrected chi connectivity index (χ1v) is 5.85. The molecule has 5 heteroatoms. The lowest BCUT2D eigenvalue weighted by molar-refractivity contribution is -0.137. The summed E-state index contributed by atoms with van der Waals surface area (Å²) in [6.07, 6.45) is -4.12. The van der Waals surface area contributed by atoms with Crippen LogP contribution in [0.4, 0.5) is 13.2 Å². The van der Waals surface area contributed by atoms with Crippen LogP contribution in [-0.2, 0) is 12.6 Å². The number of allylic oxidation sites excluding steroid dienone is 1. The van der Waals surface area contributed by atoms with Crippen molar-refractivity contribution in [3.63, 3.8) is 0 Å². The summed E-state index contributed by atoms with van der Waals surface area (Å²) >= 11 is 0. The number of halogens is 3. The predicted octanol–water partition coefficient (Wildman–Crippen LogP) is 4.25. The first-order chi connectivity index (χ1) is 9.22. The third kappa shape index (κ3) is 3.86. The van der Waals surface area contributed by atoms with Gasteiger partial charge < -0.3 is 0 Å². The summed E-state index contributed by atoms with van der Waals surface area (Å²) < 4.78 is 37.3. The number of rotatable bonds is 4. The molecular weight excluding hydrogens is 265 g/mol. The van der Waals surface area contributed by atoms with Gasteiger partial charge in [0.05, 0.1) is 17.7 Å². The minimum atomic E-state index is -4.39. The average molecular weight is 278 g/mol. The van der Waals surface area contributed by atoms with E-state index in [1.165, 1.54) is 12.1 Å². The van der Waals surface area contributed by atoms with Crippen molar-refractivity contribution in [3.05, 3.63) is 47.5 Å². The van der Waals surface area contributed by atoms with Gasteiger partial charge >= 0.3 is 6.18 Å². The van der Waals surface area contributed by atoms with Crippen molar-refractivity contribution >= 4 is 0 Å². The molecule has 0 saturated heterocycles. The van der Waals surface area contributed by atoms with Crippen LogP contribution in [0.2, 0.25) is 0 Å². The molecular formula is C15H13F3N2. The summed E-state index contributed by atoms with van der Waals surface area (Å²) in [5.41, 5.74) is -0.839. The second-order valence-electron chi connectivity index (χ2n) is 4.81. The Morgan fingerprint density at radius 3 is 2.00 bits per heavy atom. The van der Waals surface area contributed by atoms with Crippen LogP contribution in [0.3, 0.4) is 0 Å². The molecule has 0 aliphatic rings. The van der Waals surface area contributed by atoms with Gasteiger partial charge in [-0.05, 0) is 31.0 Å². The van der Waals surface area contributed by atoms with Gasteiger partial charge in [0.25, 0.3) is 0 Å². The molecule has 0 saturated carbocycles. The molecule has 1 rings (SSSR count). The molecule has 0 amide bonds. The van der Waals surface area contributed by atoms with Crippen LogP contribution >= 0.6 is 0 Å². The lowest BCUT2D eigenvalue weighted by Crippen LogP contribution is -2.20. The van der Waals surface area contributed by atoms with Crippen LogP contribution in [0.25, 0.3) is 0 Å². The number of nitrogens with zero attached hydrogens (tertiary/aromatic N) is 2. The zero-order valence-electron chi connectivity index (χ0n) is 11.0. The maximum absolute atomic E-state index is 12.4. The van der Waals surface area contributed by atoms with Gasteiger partial charge in [-0.2, -0.15) is 23.7 Å². The molecule has 0 fully saturated rings. The Morgan fingerprint density at radius 2 is 1.65 bits per heavy atom. The number of nitriles is 2. The van der Waals surface area contributed by atoms with Crippen molar-refractivity contribution in [2.45, 2.75) is 25.9 Å². The molecule has 0 unspecified atom stereocenters. The quantitative estimate of drug-likeness (QED) is 0.773. The van der Waals surface area contributed by atoms with Gasteiger partial charge in [0, 0.05) is 6.42 Å². The maximum atomic E-state index is 12.4. The van der Waals surface area contributed by atoms with Gasteiger partial charge in [-0.25, -0.2) is 0 Å². The molecule has 0 aromatic heterocycles. The molecule has 20 heavy (non-hydrogen) atoms. The second kappa shape index (κ2) is 5.79. The van der Waals surface area contributed by atoms with Gasteiger partial charge in [0.1, 0.15) is 0 Å². The molecule has 104 valence electrons. The van der Waals surface area contributed by atoms with Crippen molar-refractivity contribution in [2.24, 2.45) is 5.41 Å². The van der Waals surface area contributed by atoms with Crippen LogP contribution in [0, 0.1) is 28.1 Å². The van der Waals surface area contributed by atoms with Gasteiger partial charge in [0.2, 0.25) is 0 Å². The van der Waals surface area contributed by atoms with Crippen molar-refractivity contribution in [1.29, 1.82) is 10.5 Å². The molecule has 0 atom stereocenters. The molecule has 0 spiro atoms. The van der Waals surface area contributed by atoms with Gasteiger partial charge in [0.15, 0.2) is 5.41 Å². The molecule has 1 aromatic carbocycles. The Morgan fingerprint density at radius 1 is 1.15 bits per heavy atom. The fraction of sp³-hybridized carbons (Fsp3) is 0.333. The zero-order chi connectivity index (χ0) is 15.4. The minimum absolute atomic E-state index is 0.0744. The molecule has 0 radical (unpaired) electrons. The highest BCUT2D eigenvalue weighted by molar-refractivity contribution is 5.30. The largest absolute Gasteiger partial charge is 0.416 e. The molecule has 0 N–H and O–H groups in total. The molecule has 0 heterocycles. The van der Waals surface area contributed by atoms with Crippen LogP contribution in [0.5, 0.6) is 0 Å². The number of alkyl halides is 3. The number of hydrogen-bond donors (Lipinski definition) is 0. The Bertz CT molecular complexity index is 557. The number of hydrogen-bond acceptors (Lipinski definition) is 2. The fourth-order valence-electron chi connectivity index (χ4n) is 1.92. The van der Waals surface area contributed by atoms with E-state index in [-0.39, 0.29) is 12.8 Å². The number of benzene rings is 1. The van der Waals surface area contributed by atoms with E-state index >= 15 is 0 Å². The summed E-state index contributed by atoms with van der Waals surface area (Å²) in [5.74, 6) is 0. The van der Waals surface area contributed by atoms with Crippen molar-refractivity contribution in [3.8, 4) is 12.1 Å². The third-order valence-electron chi connectivity index (χ3n) is 2.82. The molecule has 1 aromatic rings. The van der Waals surface area contributed by atoms with Crippen molar-refractivity contribution < 1.29 is 13.2 Å². The van der Waals surface area contributed by atoms with Crippen molar-refractivity contribution in [2.75, 3.05) is 0 Å². The standard InChI is InChI=1S/C15H13F3N2/c1-11(2)7-14(9-19,10-20)8-12-3-5-13(6-4-12)15(16,17)18/h3-6H,1,7-8H2,2H3. The van der Waals surface area contributed by atoms with Gasteiger partial charge in [-0.1, -0.05) is 17.7 Å². The van der Waals surface area contributed by atoms with E-state index < -0.39 is 17.2 Å². The zero-order valence-corrected chi connectivity index (χ0v) is 11.0. The van der Waals surface area contributed by atoms with E-state index in [0.29, 0.717) is 11.1 Å². The highest BCUT2D eigenvalue weighted by Gasteiger charge is 2.32. The summed E-state index contributed by atoms with van der Waals surface area (Å²) in [6.45, 7) is 5.38. The van der Waals surface area contributed by atoms with E-state index in [9.17, 15) is 23.7 Å². The Labute approximate surface area is 115 Å². The third-order valence-corrected chi connectivity index (χ3v) is 2.82. The van der Waals surface area contributed by atoms with Crippen molar-refractivity contribution in [1.82, 2.24) is 0 Å². The van der Waals surface area contributed by atoms with Crippen LogP contribution in [-0.4, -0.2) is 0 Å². The summed E-state index contributed by atoms with van der Waals surface area (Å²) in [6, 6.07) is 8.39. The van der Waals surface area contributed by atoms with E-state index in [1.54, 1.807) is 6.92 Å². The van der Waals surface area contributed by atoms with E-state index in [2.05, 4.69) is 6.58 Å². The normalized spacial score (nSPS) is 11.5. The predicted molar refractivity (Wildman–Crippen MR) is 68.2 cm³/mol. The van der Waals surface area contributed by atoms with Gasteiger partial charge in [-0.15, -0.1) is 6.58 Å². The Hall–Kier alpha value is -2.27. The topological polar surface area (TPSA) is 47.6 Å². The molecule has 0 aliphatic heterocycles. The second-order valence-corrected chi connectivity index (χ2v) is 4.81. The van der Waals surface area contributed by atoms with E-state index in [0.717, 1.165) is 12.1 Å². The average Bonchev–Trinajstić information content (AvgIpc) is 2.37. The van der Waals surface area contributed by atoms with Crippen LogP contribution in [0.15, 0.2) is 36.4 Å². The van der Waals surface area contributed by atoms with E-state index in [4.69, 9.17) is 0 Å². The Balaban J connectivity index is 3.00. The maximum Gasteiger partial charge on any atom is 0.416 e. The minimum Gasteiger partial charge on any atom is -0.197 e. The lowest BCUT2D eigenvalue weighted by Gasteiger charge is -2.19.